The number of piperidine rings is 2. The van der Waals surface area contributed by atoms with Crippen molar-refractivity contribution in [3.63, 3.8) is 0 Å². The Balaban J connectivity index is 1.02. The Morgan fingerprint density at radius 2 is 1.73 bits per heavy atom. The van der Waals surface area contributed by atoms with Crippen LogP contribution in [0.4, 0.5) is 28.4 Å². The minimum atomic E-state index is -4.86. The number of anilines is 1. The number of hydrogen-bond acceptors (Lipinski definition) is 7. The van der Waals surface area contributed by atoms with E-state index in [9.17, 15) is 32.7 Å². The number of likely N-dealkylation sites (tertiary alicyclic amines) is 4. The van der Waals surface area contributed by atoms with Gasteiger partial charge in [0.15, 0.2) is 0 Å². The normalized spacial score (nSPS) is 24.7. The van der Waals surface area contributed by atoms with Crippen LogP contribution in [0.3, 0.4) is 0 Å². The number of thiophene rings is 1. The summed E-state index contributed by atoms with van der Waals surface area (Å²) in [5, 5.41) is 17.2. The number of benzene rings is 1. The Morgan fingerprint density at radius 1 is 1.04 bits per heavy atom. The van der Waals surface area contributed by atoms with Gasteiger partial charge in [-0.2, -0.15) is 13.2 Å². The lowest BCUT2D eigenvalue weighted by Crippen LogP contribution is -2.58. The van der Waals surface area contributed by atoms with Crippen LogP contribution in [-0.2, 0) is 23.9 Å². The number of alkyl halides is 3. The molecule has 2 aromatic rings. The molecule has 266 valence electrons. The molecule has 0 aliphatic carbocycles. The van der Waals surface area contributed by atoms with Crippen LogP contribution in [0.5, 0.6) is 5.75 Å². The third kappa shape index (κ3) is 6.91. The van der Waals surface area contributed by atoms with E-state index in [0.29, 0.717) is 63.7 Å². The van der Waals surface area contributed by atoms with Crippen LogP contribution in [0, 0.1) is 0 Å². The summed E-state index contributed by atoms with van der Waals surface area (Å²) in [7, 11) is 2.16. The maximum atomic E-state index is 14.0. The molecule has 1 aromatic carbocycles. The number of carbonyl (C=O) groups excluding carboxylic acids is 3. The van der Waals surface area contributed by atoms with Gasteiger partial charge in [0.05, 0.1) is 22.8 Å². The smallest absolute Gasteiger partial charge is 0.420 e. The van der Waals surface area contributed by atoms with E-state index in [-0.39, 0.29) is 30.0 Å². The number of amides is 5. The topological polar surface area (TPSA) is 112 Å². The first-order chi connectivity index (χ1) is 23.4. The molecule has 2 unspecified atom stereocenters. The molecule has 49 heavy (non-hydrogen) atoms. The number of fused-ring (bicyclic) bond motifs is 3. The van der Waals surface area contributed by atoms with Gasteiger partial charge in [0, 0.05) is 74.7 Å². The minimum Gasteiger partial charge on any atom is -0.506 e. The number of phenols is 1. The Bertz CT molecular complexity index is 1590. The molecule has 3 atom stereocenters. The number of rotatable bonds is 6. The molecule has 0 radical (unpaired) electrons. The van der Waals surface area contributed by atoms with Crippen molar-refractivity contribution in [1.29, 1.82) is 0 Å². The lowest BCUT2D eigenvalue weighted by molar-refractivity contribution is -0.138. The van der Waals surface area contributed by atoms with E-state index in [2.05, 4.69) is 27.5 Å². The Kier molecular flexibility index (Phi) is 9.39. The zero-order chi connectivity index (χ0) is 34.6. The van der Waals surface area contributed by atoms with E-state index in [1.807, 2.05) is 11.4 Å². The standard InChI is InChI=1S/C33H41ClF3N7O4S/c1-40-16-23-15-22(40)17-43(23)20-2-7-41(8-3-20)30(46)27(14-19-12-24(33(35,36)37)29(45)25(34)13-19)39-31(47)42-9-4-21(5-10-42)44-18-28-26(6-11-49-28)38-32(44)48/h6,11-13,20-23,27,45H,2-5,7-10,14-18H2,1H3,(H,38,48)(H,39,47)/t22?,23?,27-/m1/s1. The molecule has 0 saturated carbocycles. The summed E-state index contributed by atoms with van der Waals surface area (Å²) in [6.07, 6.45) is -1.27. The van der Waals surface area contributed by atoms with Crippen molar-refractivity contribution < 1.29 is 32.7 Å². The zero-order valence-electron chi connectivity index (χ0n) is 27.2. The molecule has 2 bridgehead atoms. The van der Waals surface area contributed by atoms with Crippen LogP contribution in [0.25, 0.3) is 0 Å². The van der Waals surface area contributed by atoms with Crippen molar-refractivity contribution in [2.24, 2.45) is 0 Å². The van der Waals surface area contributed by atoms with Crippen molar-refractivity contribution in [3.05, 3.63) is 44.6 Å². The third-order valence-electron chi connectivity index (χ3n) is 11.0. The van der Waals surface area contributed by atoms with Gasteiger partial charge in [0.2, 0.25) is 5.91 Å². The fourth-order valence-corrected chi connectivity index (χ4v) is 9.38. The third-order valence-corrected chi connectivity index (χ3v) is 12.2. The summed E-state index contributed by atoms with van der Waals surface area (Å²) in [4.78, 5) is 51.6. The monoisotopic (exact) mass is 723 g/mol. The highest BCUT2D eigenvalue weighted by Crippen LogP contribution is 2.41. The molecule has 11 nitrogen and oxygen atoms in total. The van der Waals surface area contributed by atoms with Gasteiger partial charge in [-0.05, 0) is 68.3 Å². The summed E-state index contributed by atoms with van der Waals surface area (Å²) in [5.74, 6) is -1.44. The first-order valence-corrected chi connectivity index (χ1v) is 18.1. The molecule has 16 heteroatoms. The summed E-state index contributed by atoms with van der Waals surface area (Å²) in [6.45, 7) is 4.24. The second-order valence-electron chi connectivity index (χ2n) is 13.9. The van der Waals surface area contributed by atoms with Gasteiger partial charge in [-0.25, -0.2) is 9.59 Å². The van der Waals surface area contributed by atoms with E-state index >= 15 is 0 Å². The average molecular weight is 724 g/mol. The summed E-state index contributed by atoms with van der Waals surface area (Å²) in [6, 6.07) is 3.46. The number of likely N-dealkylation sites (N-methyl/N-ethyl adjacent to an activating group) is 1. The Morgan fingerprint density at radius 3 is 2.39 bits per heavy atom. The maximum absolute atomic E-state index is 14.0. The van der Waals surface area contributed by atoms with Crippen LogP contribution in [-0.4, -0.2) is 124 Å². The number of urea groups is 2. The van der Waals surface area contributed by atoms with Crippen LogP contribution >= 0.6 is 22.9 Å². The highest BCUT2D eigenvalue weighted by atomic mass is 35.5. The van der Waals surface area contributed by atoms with Gasteiger partial charge in [-0.1, -0.05) is 11.6 Å². The number of nitrogens with one attached hydrogen (secondary N) is 2. The number of hydrogen-bond donors (Lipinski definition) is 3. The van der Waals surface area contributed by atoms with E-state index < -0.39 is 34.6 Å². The van der Waals surface area contributed by atoms with Gasteiger partial charge in [0.1, 0.15) is 11.8 Å². The molecule has 4 saturated heterocycles. The molecule has 5 aliphatic rings. The number of phenolic OH excluding ortho intramolecular Hbond substituents is 1. The van der Waals surface area contributed by atoms with Gasteiger partial charge < -0.3 is 35.3 Å². The van der Waals surface area contributed by atoms with Gasteiger partial charge in [-0.3, -0.25) is 9.69 Å². The summed E-state index contributed by atoms with van der Waals surface area (Å²) in [5.41, 5.74) is -0.392. The number of piperazine rings is 1. The molecule has 1 aromatic heterocycles. The van der Waals surface area contributed by atoms with Crippen molar-refractivity contribution >= 4 is 46.6 Å². The Hall–Kier alpha value is -3.27. The molecule has 4 fully saturated rings. The fourth-order valence-electron chi connectivity index (χ4n) is 8.31. The molecule has 7 rings (SSSR count). The minimum absolute atomic E-state index is 0.0656. The molecule has 0 spiro atoms. The van der Waals surface area contributed by atoms with E-state index in [1.165, 1.54) is 6.07 Å². The lowest BCUT2D eigenvalue weighted by Gasteiger charge is -2.43. The van der Waals surface area contributed by atoms with Crippen molar-refractivity contribution in [3.8, 4) is 5.75 Å². The number of nitrogens with zero attached hydrogens (tertiary/aromatic N) is 5. The molecule has 6 heterocycles. The van der Waals surface area contributed by atoms with Crippen molar-refractivity contribution in [2.45, 2.75) is 81.5 Å². The van der Waals surface area contributed by atoms with Gasteiger partial charge in [-0.15, -0.1) is 11.3 Å². The first-order valence-electron chi connectivity index (χ1n) is 16.9. The summed E-state index contributed by atoms with van der Waals surface area (Å²) < 4.78 is 41.2. The second-order valence-corrected chi connectivity index (χ2v) is 15.4. The van der Waals surface area contributed by atoms with Gasteiger partial charge >= 0.3 is 18.2 Å². The SMILES string of the molecule is CN1CC2CC1CN2C1CCN(C(=O)[C@@H](Cc2cc(Cl)c(O)c(C(F)(F)F)c2)NC(=O)N2CCC(N3Cc4sccc4NC3=O)CC2)CC1. The highest BCUT2D eigenvalue weighted by Gasteiger charge is 2.45. The van der Waals surface area contributed by atoms with Crippen LogP contribution < -0.4 is 10.6 Å². The predicted octanol–water partition coefficient (Wildman–Crippen LogP) is 4.64. The second kappa shape index (κ2) is 13.5. The first kappa shape index (κ1) is 34.2. The van der Waals surface area contributed by atoms with Crippen molar-refractivity contribution in [1.82, 2.24) is 29.8 Å². The molecule has 3 N–H and O–H groups in total. The van der Waals surface area contributed by atoms with E-state index in [0.717, 1.165) is 49.0 Å². The molecule has 5 aliphatic heterocycles. The van der Waals surface area contributed by atoms with Crippen molar-refractivity contribution in [2.75, 3.05) is 51.6 Å². The molecule has 5 amide bonds. The molecular weight excluding hydrogens is 683 g/mol. The lowest BCUT2D eigenvalue weighted by atomic mass is 9.98. The zero-order valence-corrected chi connectivity index (χ0v) is 28.8. The average Bonchev–Trinajstić information content (AvgIpc) is 3.80. The van der Waals surface area contributed by atoms with E-state index in [1.54, 1.807) is 26.0 Å². The number of aromatic hydroxyl groups is 1. The quantitative estimate of drug-likeness (QED) is 0.401. The molecular formula is C33H41ClF3N7O4S. The van der Waals surface area contributed by atoms with E-state index in [4.69, 9.17) is 11.6 Å². The predicted molar refractivity (Wildman–Crippen MR) is 179 cm³/mol. The number of halogens is 4. The van der Waals surface area contributed by atoms with Crippen LogP contribution in [0.2, 0.25) is 5.02 Å². The fraction of sp³-hybridized carbons (Fsp3) is 0.606. The highest BCUT2D eigenvalue weighted by molar-refractivity contribution is 7.10. The van der Waals surface area contributed by atoms with Crippen LogP contribution in [0.15, 0.2) is 23.6 Å². The van der Waals surface area contributed by atoms with Crippen LogP contribution in [0.1, 0.15) is 48.1 Å². The Labute approximate surface area is 291 Å². The maximum Gasteiger partial charge on any atom is 0.420 e. The van der Waals surface area contributed by atoms with Gasteiger partial charge in [0.25, 0.3) is 0 Å². The summed E-state index contributed by atoms with van der Waals surface area (Å²) >= 11 is 7.59. The number of carbonyl (C=O) groups is 3. The largest absolute Gasteiger partial charge is 0.506 e.